The molecule has 0 aliphatic carbocycles. The number of likely N-dealkylation sites (N-methyl/N-ethyl adjacent to an activating group) is 1. The molecule has 1 N–H and O–H groups in total. The Morgan fingerprint density at radius 3 is 2.31 bits per heavy atom. The van der Waals surface area contributed by atoms with Gasteiger partial charge in [0.1, 0.15) is 5.69 Å². The number of H-pyrrole nitrogens is 1. The Hall–Kier alpha value is -1.81. The van der Waals surface area contributed by atoms with Crippen molar-refractivity contribution in [2.45, 2.75) is 47.5 Å². The fourth-order valence-corrected chi connectivity index (χ4v) is 3.31. The number of nitrogens with one attached hydrogen (secondary N) is 1. The highest BCUT2D eigenvalue weighted by atomic mass is 16.2. The minimum Gasteiger partial charge on any atom is -0.351 e. The minimum atomic E-state index is 0.105. The Balaban J connectivity index is 2.21. The molecule has 4 heteroatoms. The van der Waals surface area contributed by atoms with Gasteiger partial charge in [-0.2, -0.15) is 0 Å². The third-order valence-electron chi connectivity index (χ3n) is 5.00. The molecule has 2 aromatic rings. The van der Waals surface area contributed by atoms with Gasteiger partial charge in [0, 0.05) is 30.5 Å². The van der Waals surface area contributed by atoms with Crippen LogP contribution in [0.2, 0.25) is 0 Å². The van der Waals surface area contributed by atoms with E-state index in [4.69, 9.17) is 0 Å². The molecular formula is C22H35N3O. The van der Waals surface area contributed by atoms with Crippen molar-refractivity contribution in [2.75, 3.05) is 32.7 Å². The maximum atomic E-state index is 13.1. The predicted octanol–water partition coefficient (Wildman–Crippen LogP) is 4.73. The number of carbonyl (C=O) groups excluding carboxylic acids is 1. The summed E-state index contributed by atoms with van der Waals surface area (Å²) in [5.41, 5.74) is 3.04. The summed E-state index contributed by atoms with van der Waals surface area (Å²) in [7, 11) is 0. The first kappa shape index (κ1) is 20.5. The van der Waals surface area contributed by atoms with Crippen LogP contribution in [-0.4, -0.2) is 53.4 Å². The second-order valence-corrected chi connectivity index (χ2v) is 7.86. The highest BCUT2D eigenvalue weighted by Crippen LogP contribution is 2.22. The monoisotopic (exact) mass is 357 g/mol. The molecular weight excluding hydrogens is 322 g/mol. The van der Waals surface area contributed by atoms with Crippen LogP contribution in [-0.2, 0) is 0 Å². The first-order valence-corrected chi connectivity index (χ1v) is 9.99. The average Bonchev–Trinajstić information content (AvgIpc) is 3.03. The molecule has 144 valence electrons. The van der Waals surface area contributed by atoms with Gasteiger partial charge in [-0.3, -0.25) is 4.79 Å². The third-order valence-corrected chi connectivity index (χ3v) is 5.00. The summed E-state index contributed by atoms with van der Waals surface area (Å²) in [6.07, 6.45) is 0. The smallest absolute Gasteiger partial charge is 0.270 e. The molecule has 0 radical (unpaired) electrons. The maximum Gasteiger partial charge on any atom is 0.270 e. The summed E-state index contributed by atoms with van der Waals surface area (Å²) in [4.78, 5) is 20.8. The van der Waals surface area contributed by atoms with Crippen molar-refractivity contribution in [3.8, 4) is 0 Å². The van der Waals surface area contributed by atoms with Gasteiger partial charge in [0.15, 0.2) is 0 Å². The van der Waals surface area contributed by atoms with E-state index in [9.17, 15) is 4.79 Å². The molecule has 1 amide bonds. The van der Waals surface area contributed by atoms with Crippen molar-refractivity contribution >= 4 is 16.8 Å². The van der Waals surface area contributed by atoms with E-state index in [1.165, 1.54) is 5.56 Å². The molecule has 1 heterocycles. The Kier molecular flexibility index (Phi) is 7.27. The number of hydrogen-bond donors (Lipinski definition) is 1. The zero-order valence-electron chi connectivity index (χ0n) is 17.3. The second-order valence-electron chi connectivity index (χ2n) is 7.86. The lowest BCUT2D eigenvalue weighted by molar-refractivity contribution is 0.0711. The highest BCUT2D eigenvalue weighted by Gasteiger charge is 2.19. The van der Waals surface area contributed by atoms with Crippen molar-refractivity contribution in [3.05, 3.63) is 35.5 Å². The molecule has 0 spiro atoms. The first-order valence-electron chi connectivity index (χ1n) is 9.99. The quantitative estimate of drug-likeness (QED) is 0.704. The standard InChI is InChI=1S/C22H35N3O/c1-7-24(8-2)11-12-25(15-16(3)4)22(26)21-14-19-10-9-18(17(5)6)13-20(19)23-21/h9-10,13-14,16-17,23H,7-8,11-12,15H2,1-6H3. The molecule has 0 fully saturated rings. The molecule has 1 aromatic carbocycles. The molecule has 0 saturated carbocycles. The summed E-state index contributed by atoms with van der Waals surface area (Å²) in [5, 5.41) is 1.10. The number of aromatic amines is 1. The first-order chi connectivity index (χ1) is 12.3. The zero-order valence-corrected chi connectivity index (χ0v) is 17.3. The lowest BCUT2D eigenvalue weighted by Gasteiger charge is -2.27. The van der Waals surface area contributed by atoms with Gasteiger partial charge in [0.2, 0.25) is 0 Å². The predicted molar refractivity (Wildman–Crippen MR) is 111 cm³/mol. The lowest BCUT2D eigenvalue weighted by atomic mass is 10.0. The maximum absolute atomic E-state index is 13.1. The van der Waals surface area contributed by atoms with Gasteiger partial charge < -0.3 is 14.8 Å². The van der Waals surface area contributed by atoms with Crippen molar-refractivity contribution in [1.82, 2.24) is 14.8 Å². The van der Waals surface area contributed by atoms with E-state index in [2.05, 4.69) is 69.6 Å². The van der Waals surface area contributed by atoms with Crippen LogP contribution >= 0.6 is 0 Å². The fourth-order valence-electron chi connectivity index (χ4n) is 3.31. The van der Waals surface area contributed by atoms with E-state index in [-0.39, 0.29) is 5.91 Å². The van der Waals surface area contributed by atoms with Crippen LogP contribution in [0.4, 0.5) is 0 Å². The van der Waals surface area contributed by atoms with E-state index >= 15 is 0 Å². The van der Waals surface area contributed by atoms with E-state index in [0.717, 1.165) is 43.6 Å². The van der Waals surface area contributed by atoms with Crippen LogP contribution in [0.1, 0.15) is 63.5 Å². The number of carbonyl (C=O) groups is 1. The minimum absolute atomic E-state index is 0.105. The number of benzene rings is 1. The van der Waals surface area contributed by atoms with Gasteiger partial charge in [0.25, 0.3) is 5.91 Å². The SMILES string of the molecule is CCN(CC)CCN(CC(C)C)C(=O)c1cc2ccc(C(C)C)cc2[nH]1. The number of rotatable bonds is 9. The van der Waals surface area contributed by atoms with Gasteiger partial charge in [-0.25, -0.2) is 0 Å². The highest BCUT2D eigenvalue weighted by molar-refractivity contribution is 5.98. The normalized spacial score (nSPS) is 11.9. The molecule has 0 aliphatic heterocycles. The van der Waals surface area contributed by atoms with E-state index in [1.54, 1.807) is 0 Å². The zero-order chi connectivity index (χ0) is 19.3. The Bertz CT molecular complexity index is 713. The van der Waals surface area contributed by atoms with Gasteiger partial charge in [-0.15, -0.1) is 0 Å². The van der Waals surface area contributed by atoms with Gasteiger partial charge in [0.05, 0.1) is 0 Å². The molecule has 0 unspecified atom stereocenters. The van der Waals surface area contributed by atoms with Crippen LogP contribution < -0.4 is 0 Å². The molecule has 0 saturated heterocycles. The third kappa shape index (κ3) is 5.10. The number of amides is 1. The van der Waals surface area contributed by atoms with Crippen LogP contribution in [0.3, 0.4) is 0 Å². The summed E-state index contributed by atoms with van der Waals surface area (Å²) < 4.78 is 0. The summed E-state index contributed by atoms with van der Waals surface area (Å²) in [6.45, 7) is 17.6. The van der Waals surface area contributed by atoms with Crippen molar-refractivity contribution in [2.24, 2.45) is 5.92 Å². The van der Waals surface area contributed by atoms with Gasteiger partial charge in [-0.05, 0) is 42.6 Å². The summed E-state index contributed by atoms with van der Waals surface area (Å²) in [5.74, 6) is 1.04. The van der Waals surface area contributed by atoms with Crippen molar-refractivity contribution in [1.29, 1.82) is 0 Å². The van der Waals surface area contributed by atoms with Crippen LogP contribution in [0.15, 0.2) is 24.3 Å². The van der Waals surface area contributed by atoms with Gasteiger partial charge >= 0.3 is 0 Å². The Labute approximate surface area is 158 Å². The largest absolute Gasteiger partial charge is 0.351 e. The molecule has 0 atom stereocenters. The molecule has 26 heavy (non-hydrogen) atoms. The molecule has 0 bridgehead atoms. The average molecular weight is 358 g/mol. The van der Waals surface area contributed by atoms with E-state index in [1.807, 2.05) is 11.0 Å². The van der Waals surface area contributed by atoms with Crippen molar-refractivity contribution < 1.29 is 4.79 Å². The van der Waals surface area contributed by atoms with Crippen molar-refractivity contribution in [3.63, 3.8) is 0 Å². The van der Waals surface area contributed by atoms with E-state index < -0.39 is 0 Å². The number of fused-ring (bicyclic) bond motifs is 1. The molecule has 4 nitrogen and oxygen atoms in total. The summed E-state index contributed by atoms with van der Waals surface area (Å²) in [6, 6.07) is 8.42. The Morgan fingerprint density at radius 1 is 1.04 bits per heavy atom. The Morgan fingerprint density at radius 2 is 1.73 bits per heavy atom. The lowest BCUT2D eigenvalue weighted by Crippen LogP contribution is -2.40. The summed E-state index contributed by atoms with van der Waals surface area (Å²) >= 11 is 0. The number of nitrogens with zero attached hydrogens (tertiary/aromatic N) is 2. The molecule has 0 aliphatic rings. The van der Waals surface area contributed by atoms with Crippen LogP contribution in [0, 0.1) is 5.92 Å². The molecule has 1 aromatic heterocycles. The van der Waals surface area contributed by atoms with E-state index in [0.29, 0.717) is 17.5 Å². The van der Waals surface area contributed by atoms with Gasteiger partial charge in [-0.1, -0.05) is 53.7 Å². The molecule has 2 rings (SSSR count). The number of hydrogen-bond acceptors (Lipinski definition) is 2. The fraction of sp³-hybridized carbons (Fsp3) is 0.591. The van der Waals surface area contributed by atoms with Crippen LogP contribution in [0.5, 0.6) is 0 Å². The van der Waals surface area contributed by atoms with Crippen LogP contribution in [0.25, 0.3) is 10.9 Å². The number of aromatic nitrogens is 1. The topological polar surface area (TPSA) is 39.3 Å². The second kappa shape index (κ2) is 9.22.